The fourth-order valence-electron chi connectivity index (χ4n) is 3.86. The quantitative estimate of drug-likeness (QED) is 0.776. The molecule has 6 nitrogen and oxygen atoms in total. The number of hydrogen-bond acceptors (Lipinski definition) is 4. The predicted octanol–water partition coefficient (Wildman–Crippen LogP) is 3.62. The molecule has 29 heavy (non-hydrogen) atoms. The number of rotatable bonds is 6. The molecular formula is C22H34ClN5O. The molecule has 2 heterocycles. The Labute approximate surface area is 180 Å². The van der Waals surface area contributed by atoms with Crippen molar-refractivity contribution in [3.05, 3.63) is 41.2 Å². The summed E-state index contributed by atoms with van der Waals surface area (Å²) >= 11 is 0. The van der Waals surface area contributed by atoms with Crippen molar-refractivity contribution >= 4 is 18.3 Å². The maximum Gasteiger partial charge on any atom is 0.276 e. The van der Waals surface area contributed by atoms with Crippen molar-refractivity contribution in [3.63, 3.8) is 0 Å². The third-order valence-electron chi connectivity index (χ3n) is 5.50. The van der Waals surface area contributed by atoms with Crippen LogP contribution in [0.25, 0.3) is 5.69 Å². The zero-order chi connectivity index (χ0) is 20.3. The van der Waals surface area contributed by atoms with Gasteiger partial charge >= 0.3 is 0 Å². The molecule has 1 aliphatic rings. The summed E-state index contributed by atoms with van der Waals surface area (Å²) in [7, 11) is 1.96. The average molecular weight is 420 g/mol. The average Bonchev–Trinajstić information content (AvgIpc) is 3.29. The van der Waals surface area contributed by atoms with Gasteiger partial charge in [-0.05, 0) is 55.5 Å². The molecule has 0 radical (unpaired) electrons. The van der Waals surface area contributed by atoms with Crippen molar-refractivity contribution in [3.8, 4) is 5.69 Å². The van der Waals surface area contributed by atoms with Gasteiger partial charge in [-0.2, -0.15) is 0 Å². The zero-order valence-corrected chi connectivity index (χ0v) is 19.1. The summed E-state index contributed by atoms with van der Waals surface area (Å²) < 4.78 is 1.84. The van der Waals surface area contributed by atoms with Gasteiger partial charge in [0.05, 0.1) is 11.4 Å². The Morgan fingerprint density at radius 2 is 1.93 bits per heavy atom. The largest absolute Gasteiger partial charge is 0.337 e. The topological polar surface area (TPSA) is 63.1 Å². The number of nitrogens with one attached hydrogen (secondary N) is 1. The fraction of sp³-hybridized carbons (Fsp3) is 0.591. The predicted molar refractivity (Wildman–Crippen MR) is 119 cm³/mol. The summed E-state index contributed by atoms with van der Waals surface area (Å²) in [6.45, 7) is 11.3. The van der Waals surface area contributed by atoms with E-state index in [2.05, 4.69) is 67.6 Å². The Kier molecular flexibility index (Phi) is 7.83. The van der Waals surface area contributed by atoms with E-state index >= 15 is 0 Å². The van der Waals surface area contributed by atoms with Crippen LogP contribution in [0.3, 0.4) is 0 Å². The summed E-state index contributed by atoms with van der Waals surface area (Å²) in [5.74, 6) is 0.531. The van der Waals surface area contributed by atoms with Crippen LogP contribution in [0.5, 0.6) is 0 Å². The molecule has 1 atom stereocenters. The van der Waals surface area contributed by atoms with Crippen LogP contribution < -0.4 is 5.32 Å². The van der Waals surface area contributed by atoms with Crippen molar-refractivity contribution in [2.45, 2.75) is 52.4 Å². The minimum atomic E-state index is 0. The van der Waals surface area contributed by atoms with E-state index in [1.807, 2.05) is 16.6 Å². The molecule has 1 aromatic carbocycles. The van der Waals surface area contributed by atoms with Crippen molar-refractivity contribution < 1.29 is 4.79 Å². The second-order valence-corrected chi connectivity index (χ2v) is 8.81. The van der Waals surface area contributed by atoms with E-state index in [9.17, 15) is 4.79 Å². The minimum Gasteiger partial charge on any atom is -0.337 e. The third-order valence-corrected chi connectivity index (χ3v) is 5.50. The summed E-state index contributed by atoms with van der Waals surface area (Å²) in [6, 6.07) is 8.41. The first kappa shape index (κ1) is 23.4. The van der Waals surface area contributed by atoms with Crippen LogP contribution in [0.15, 0.2) is 24.3 Å². The highest BCUT2D eigenvalue weighted by Crippen LogP contribution is 2.25. The van der Waals surface area contributed by atoms with Crippen LogP contribution in [0.1, 0.15) is 62.3 Å². The molecule has 1 fully saturated rings. The normalized spacial score (nSPS) is 16.7. The first-order valence-electron chi connectivity index (χ1n) is 10.3. The van der Waals surface area contributed by atoms with Gasteiger partial charge in [0.15, 0.2) is 5.69 Å². The standard InChI is InChI=1S/C22H33N5O.ClH/c1-6-7-19-20(21(28)26-13-12-16(15-26)14-23-5)24-25-27(19)18-10-8-17(9-11-18)22(2,3)4;/h8-11,16,23H,6-7,12-15H2,1-5H3;1H. The van der Waals surface area contributed by atoms with Gasteiger partial charge in [0, 0.05) is 13.1 Å². The SMILES string of the molecule is CCCc1c(C(=O)N2CCC(CNC)C2)nnn1-c1ccc(C(C)(C)C)cc1.Cl. The number of nitrogens with zero attached hydrogens (tertiary/aromatic N) is 4. The highest BCUT2D eigenvalue weighted by atomic mass is 35.5. The lowest BCUT2D eigenvalue weighted by atomic mass is 9.87. The Hall–Kier alpha value is -1.92. The Morgan fingerprint density at radius 1 is 1.24 bits per heavy atom. The van der Waals surface area contributed by atoms with Gasteiger partial charge in [-0.3, -0.25) is 4.79 Å². The number of hydrogen-bond donors (Lipinski definition) is 1. The molecule has 0 spiro atoms. The van der Waals surface area contributed by atoms with Crippen LogP contribution in [-0.4, -0.2) is 52.5 Å². The molecule has 3 rings (SSSR count). The summed E-state index contributed by atoms with van der Waals surface area (Å²) in [4.78, 5) is 15.0. The number of carbonyl (C=O) groups excluding carboxylic acids is 1. The Bertz CT molecular complexity index is 810. The molecule has 1 unspecified atom stereocenters. The Morgan fingerprint density at radius 3 is 2.52 bits per heavy atom. The van der Waals surface area contributed by atoms with E-state index in [0.29, 0.717) is 11.6 Å². The van der Waals surface area contributed by atoms with Crippen LogP contribution in [0.2, 0.25) is 0 Å². The van der Waals surface area contributed by atoms with Crippen LogP contribution in [-0.2, 0) is 11.8 Å². The number of benzene rings is 1. The van der Waals surface area contributed by atoms with Crippen molar-refractivity contribution in [2.24, 2.45) is 5.92 Å². The summed E-state index contributed by atoms with van der Waals surface area (Å²) in [5, 5.41) is 11.9. The monoisotopic (exact) mass is 419 g/mol. The smallest absolute Gasteiger partial charge is 0.276 e. The molecule has 1 amide bonds. The van der Waals surface area contributed by atoms with Gasteiger partial charge in [0.1, 0.15) is 0 Å². The lowest BCUT2D eigenvalue weighted by Gasteiger charge is -2.19. The molecule has 0 bridgehead atoms. The molecule has 160 valence electrons. The van der Waals surface area contributed by atoms with Crippen LogP contribution >= 0.6 is 12.4 Å². The van der Waals surface area contributed by atoms with E-state index in [-0.39, 0.29) is 23.7 Å². The molecule has 0 aliphatic carbocycles. The first-order valence-corrected chi connectivity index (χ1v) is 10.3. The van der Waals surface area contributed by atoms with E-state index < -0.39 is 0 Å². The van der Waals surface area contributed by atoms with Crippen LogP contribution in [0.4, 0.5) is 0 Å². The molecule has 1 aromatic heterocycles. The highest BCUT2D eigenvalue weighted by Gasteiger charge is 2.30. The number of carbonyl (C=O) groups is 1. The molecule has 1 N–H and O–H groups in total. The van der Waals surface area contributed by atoms with Gasteiger partial charge in [-0.15, -0.1) is 17.5 Å². The van der Waals surface area contributed by atoms with Gasteiger partial charge in [-0.1, -0.05) is 51.5 Å². The van der Waals surface area contributed by atoms with E-state index in [1.54, 1.807) is 0 Å². The highest BCUT2D eigenvalue weighted by molar-refractivity contribution is 5.93. The van der Waals surface area contributed by atoms with Gasteiger partial charge < -0.3 is 10.2 Å². The molecule has 7 heteroatoms. The second kappa shape index (κ2) is 9.72. The molecule has 0 saturated carbocycles. The number of likely N-dealkylation sites (tertiary alicyclic amines) is 1. The number of aromatic nitrogens is 3. The van der Waals surface area contributed by atoms with E-state index in [1.165, 1.54) is 5.56 Å². The summed E-state index contributed by atoms with van der Waals surface area (Å²) in [5.41, 5.74) is 3.75. The van der Waals surface area contributed by atoms with Crippen LogP contribution in [0, 0.1) is 5.92 Å². The minimum absolute atomic E-state index is 0. The number of amides is 1. The van der Waals surface area contributed by atoms with Gasteiger partial charge in [-0.25, -0.2) is 4.68 Å². The summed E-state index contributed by atoms with van der Waals surface area (Å²) in [6.07, 6.45) is 2.76. The maximum atomic E-state index is 13.1. The first-order chi connectivity index (χ1) is 13.3. The second-order valence-electron chi connectivity index (χ2n) is 8.81. The maximum absolute atomic E-state index is 13.1. The third kappa shape index (κ3) is 5.17. The fourth-order valence-corrected chi connectivity index (χ4v) is 3.86. The lowest BCUT2D eigenvalue weighted by molar-refractivity contribution is 0.0780. The lowest BCUT2D eigenvalue weighted by Crippen LogP contribution is -2.31. The zero-order valence-electron chi connectivity index (χ0n) is 18.2. The Balaban J connectivity index is 0.00000300. The van der Waals surface area contributed by atoms with Gasteiger partial charge in [0.25, 0.3) is 5.91 Å². The van der Waals surface area contributed by atoms with Crippen molar-refractivity contribution in [1.29, 1.82) is 0 Å². The van der Waals surface area contributed by atoms with Crippen molar-refractivity contribution in [1.82, 2.24) is 25.2 Å². The molecular weight excluding hydrogens is 386 g/mol. The van der Waals surface area contributed by atoms with E-state index in [4.69, 9.17) is 0 Å². The molecule has 1 saturated heterocycles. The number of halogens is 1. The molecule has 2 aromatic rings. The van der Waals surface area contributed by atoms with Crippen molar-refractivity contribution in [2.75, 3.05) is 26.7 Å². The molecule has 1 aliphatic heterocycles. The van der Waals surface area contributed by atoms with Gasteiger partial charge in [0.2, 0.25) is 0 Å². The van der Waals surface area contributed by atoms with E-state index in [0.717, 1.165) is 50.3 Å².